The Bertz CT molecular complexity index is 833. The number of benzene rings is 2. The number of ether oxygens (including phenoxy) is 3. The van der Waals surface area contributed by atoms with Crippen LogP contribution in [0.1, 0.15) is 36.1 Å². The largest absolute Gasteiger partial charge is 0.497 e. The number of carbonyl (C=O) groups excluding carboxylic acids is 1. The molecule has 5 heteroatoms. The van der Waals surface area contributed by atoms with Gasteiger partial charge in [0.2, 0.25) is 12.7 Å². The zero-order valence-corrected chi connectivity index (χ0v) is 15.2. The number of rotatable bonds is 4. The predicted molar refractivity (Wildman–Crippen MR) is 97.7 cm³/mol. The number of carbonyl (C=O) groups is 1. The van der Waals surface area contributed by atoms with E-state index in [2.05, 4.69) is 19.1 Å². The minimum Gasteiger partial charge on any atom is -0.497 e. The van der Waals surface area contributed by atoms with Crippen LogP contribution in [0.3, 0.4) is 0 Å². The second-order valence-electron chi connectivity index (χ2n) is 6.77. The highest BCUT2D eigenvalue weighted by Gasteiger charge is 2.27. The lowest BCUT2D eigenvalue weighted by Crippen LogP contribution is -2.38. The fraction of sp³-hybridized carbons (Fsp3) is 0.381. The zero-order valence-electron chi connectivity index (χ0n) is 15.2. The molecule has 2 aliphatic rings. The van der Waals surface area contributed by atoms with Gasteiger partial charge in [-0.3, -0.25) is 4.79 Å². The van der Waals surface area contributed by atoms with E-state index in [0.717, 1.165) is 35.8 Å². The molecule has 1 unspecified atom stereocenters. The van der Waals surface area contributed by atoms with Crippen molar-refractivity contribution in [3.05, 3.63) is 53.1 Å². The van der Waals surface area contributed by atoms with Gasteiger partial charge in [0.1, 0.15) is 5.75 Å². The fourth-order valence-electron chi connectivity index (χ4n) is 3.75. The van der Waals surface area contributed by atoms with E-state index < -0.39 is 0 Å². The van der Waals surface area contributed by atoms with Crippen molar-refractivity contribution in [3.63, 3.8) is 0 Å². The van der Waals surface area contributed by atoms with E-state index in [4.69, 9.17) is 14.2 Å². The van der Waals surface area contributed by atoms with Gasteiger partial charge in [-0.1, -0.05) is 12.1 Å². The second-order valence-corrected chi connectivity index (χ2v) is 6.77. The Morgan fingerprint density at radius 3 is 2.88 bits per heavy atom. The third-order valence-electron chi connectivity index (χ3n) is 5.28. The Labute approximate surface area is 153 Å². The van der Waals surface area contributed by atoms with Crippen LogP contribution in [0.5, 0.6) is 17.2 Å². The molecular weight excluding hydrogens is 330 g/mol. The smallest absolute Gasteiger partial charge is 0.231 e. The van der Waals surface area contributed by atoms with Gasteiger partial charge in [0.15, 0.2) is 11.5 Å². The van der Waals surface area contributed by atoms with Crippen molar-refractivity contribution in [2.24, 2.45) is 0 Å². The van der Waals surface area contributed by atoms with Crippen molar-refractivity contribution in [1.82, 2.24) is 4.90 Å². The SMILES string of the molecule is COc1ccc2c(c1)C(C)N(C(=O)CCc1ccc3c(c1)OCO3)CC2. The van der Waals surface area contributed by atoms with Gasteiger partial charge in [0.05, 0.1) is 13.2 Å². The molecule has 0 fully saturated rings. The van der Waals surface area contributed by atoms with E-state index in [1.54, 1.807) is 7.11 Å². The molecule has 136 valence electrons. The summed E-state index contributed by atoms with van der Waals surface area (Å²) in [5, 5.41) is 0. The third-order valence-corrected chi connectivity index (χ3v) is 5.28. The quantitative estimate of drug-likeness (QED) is 0.844. The van der Waals surface area contributed by atoms with E-state index >= 15 is 0 Å². The Kier molecular flexibility index (Phi) is 4.45. The molecule has 5 nitrogen and oxygen atoms in total. The van der Waals surface area contributed by atoms with E-state index in [-0.39, 0.29) is 18.7 Å². The van der Waals surface area contributed by atoms with Crippen LogP contribution in [-0.2, 0) is 17.6 Å². The summed E-state index contributed by atoms with van der Waals surface area (Å²) in [6.45, 7) is 3.13. The van der Waals surface area contributed by atoms with Gasteiger partial charge in [0, 0.05) is 13.0 Å². The summed E-state index contributed by atoms with van der Waals surface area (Å²) in [7, 11) is 1.67. The van der Waals surface area contributed by atoms with Crippen molar-refractivity contribution in [1.29, 1.82) is 0 Å². The topological polar surface area (TPSA) is 48.0 Å². The lowest BCUT2D eigenvalue weighted by molar-refractivity contribution is -0.133. The molecule has 0 aliphatic carbocycles. The second kappa shape index (κ2) is 6.90. The van der Waals surface area contributed by atoms with Gasteiger partial charge in [-0.25, -0.2) is 0 Å². The van der Waals surface area contributed by atoms with E-state index in [0.29, 0.717) is 12.8 Å². The first-order valence-corrected chi connectivity index (χ1v) is 9.00. The molecule has 2 aromatic carbocycles. The maximum absolute atomic E-state index is 12.8. The number of nitrogens with zero attached hydrogens (tertiary/aromatic N) is 1. The molecule has 2 aromatic rings. The van der Waals surface area contributed by atoms with Crippen LogP contribution < -0.4 is 14.2 Å². The summed E-state index contributed by atoms with van der Waals surface area (Å²) in [6, 6.07) is 12.1. The van der Waals surface area contributed by atoms with Crippen molar-refractivity contribution >= 4 is 5.91 Å². The van der Waals surface area contributed by atoms with Crippen molar-refractivity contribution in [2.45, 2.75) is 32.2 Å². The molecule has 1 atom stereocenters. The molecule has 0 N–H and O–H groups in total. The zero-order chi connectivity index (χ0) is 18.1. The average Bonchev–Trinajstić information content (AvgIpc) is 3.14. The van der Waals surface area contributed by atoms with Gasteiger partial charge in [0.25, 0.3) is 0 Å². The fourth-order valence-corrected chi connectivity index (χ4v) is 3.75. The molecule has 4 rings (SSSR count). The van der Waals surface area contributed by atoms with Crippen molar-refractivity contribution in [3.8, 4) is 17.2 Å². The first-order valence-electron chi connectivity index (χ1n) is 9.00. The molecule has 2 heterocycles. The molecule has 0 bridgehead atoms. The Morgan fingerprint density at radius 1 is 1.19 bits per heavy atom. The monoisotopic (exact) mass is 353 g/mol. The molecule has 0 spiro atoms. The normalized spacial score (nSPS) is 17.8. The number of aryl methyl sites for hydroxylation is 1. The van der Waals surface area contributed by atoms with Gasteiger partial charge < -0.3 is 19.1 Å². The minimum absolute atomic E-state index is 0.0677. The van der Waals surface area contributed by atoms with Gasteiger partial charge in [-0.15, -0.1) is 0 Å². The molecular formula is C21H23NO4. The highest BCUT2D eigenvalue weighted by Crippen LogP contribution is 2.34. The van der Waals surface area contributed by atoms with E-state index in [1.807, 2.05) is 29.2 Å². The summed E-state index contributed by atoms with van der Waals surface area (Å²) in [6.07, 6.45) is 2.08. The van der Waals surface area contributed by atoms with Crippen LogP contribution in [0, 0.1) is 0 Å². The molecule has 0 saturated carbocycles. The molecule has 26 heavy (non-hydrogen) atoms. The lowest BCUT2D eigenvalue weighted by Gasteiger charge is -2.35. The van der Waals surface area contributed by atoms with Crippen LogP contribution >= 0.6 is 0 Å². The van der Waals surface area contributed by atoms with Gasteiger partial charge in [-0.05, 0) is 60.7 Å². The lowest BCUT2D eigenvalue weighted by atomic mass is 9.92. The summed E-state index contributed by atoms with van der Waals surface area (Å²) in [5.74, 6) is 2.56. The molecule has 2 aliphatic heterocycles. The predicted octanol–water partition coefficient (Wildman–Crippen LogP) is 3.50. The minimum atomic E-state index is 0.0677. The maximum Gasteiger partial charge on any atom is 0.231 e. The number of amides is 1. The maximum atomic E-state index is 12.8. The highest BCUT2D eigenvalue weighted by atomic mass is 16.7. The van der Waals surface area contributed by atoms with E-state index in [9.17, 15) is 4.79 Å². The molecule has 1 amide bonds. The first kappa shape index (κ1) is 16.8. The Hall–Kier alpha value is -2.69. The Morgan fingerprint density at radius 2 is 2.04 bits per heavy atom. The van der Waals surface area contributed by atoms with Crippen molar-refractivity contribution in [2.75, 3.05) is 20.4 Å². The van der Waals surface area contributed by atoms with Crippen molar-refractivity contribution < 1.29 is 19.0 Å². The van der Waals surface area contributed by atoms with Crippen LogP contribution in [0.4, 0.5) is 0 Å². The Balaban J connectivity index is 1.43. The van der Waals surface area contributed by atoms with Crippen LogP contribution in [-0.4, -0.2) is 31.3 Å². The van der Waals surface area contributed by atoms with E-state index in [1.165, 1.54) is 11.1 Å². The summed E-state index contributed by atoms with van der Waals surface area (Å²) in [5.41, 5.74) is 3.58. The standard InChI is InChI=1S/C21H23NO4/c1-14-18-12-17(24-2)6-5-16(18)9-10-22(14)21(23)8-4-15-3-7-19-20(11-15)26-13-25-19/h3,5-7,11-12,14H,4,8-10,13H2,1-2H3. The van der Waals surface area contributed by atoms with Crippen LogP contribution in [0.15, 0.2) is 36.4 Å². The number of hydrogen-bond acceptors (Lipinski definition) is 4. The molecule has 0 radical (unpaired) electrons. The number of hydrogen-bond donors (Lipinski definition) is 0. The van der Waals surface area contributed by atoms with Gasteiger partial charge in [-0.2, -0.15) is 0 Å². The number of fused-ring (bicyclic) bond motifs is 2. The van der Waals surface area contributed by atoms with Gasteiger partial charge >= 0.3 is 0 Å². The van der Waals surface area contributed by atoms with Crippen LogP contribution in [0.25, 0.3) is 0 Å². The van der Waals surface area contributed by atoms with Crippen LogP contribution in [0.2, 0.25) is 0 Å². The average molecular weight is 353 g/mol. The highest BCUT2D eigenvalue weighted by molar-refractivity contribution is 5.77. The third kappa shape index (κ3) is 3.09. The summed E-state index contributed by atoms with van der Waals surface area (Å²) in [4.78, 5) is 14.8. The summed E-state index contributed by atoms with van der Waals surface area (Å²) >= 11 is 0. The number of methoxy groups -OCH3 is 1. The molecule has 0 aromatic heterocycles. The summed E-state index contributed by atoms with van der Waals surface area (Å²) < 4.78 is 16.1. The first-order chi connectivity index (χ1) is 12.7. The molecule has 0 saturated heterocycles.